The van der Waals surface area contributed by atoms with E-state index in [-0.39, 0.29) is 0 Å². The number of thiophene rings is 1. The van der Waals surface area contributed by atoms with Gasteiger partial charge in [0.2, 0.25) is 0 Å². The summed E-state index contributed by atoms with van der Waals surface area (Å²) >= 11 is 1.80. The van der Waals surface area contributed by atoms with Crippen molar-refractivity contribution in [2.45, 2.75) is 26.3 Å². The van der Waals surface area contributed by atoms with Gasteiger partial charge in [0.1, 0.15) is 0 Å². The molecule has 0 unspecified atom stereocenters. The largest absolute Gasteiger partial charge is 0.380 e. The molecule has 1 rings (SSSR count). The maximum Gasteiger partial charge on any atom is 0.0591 e. The van der Waals surface area contributed by atoms with Crippen LogP contribution in [0.4, 0.5) is 0 Å². The monoisotopic (exact) mass is 213 g/mol. The summed E-state index contributed by atoms with van der Waals surface area (Å²) in [4.78, 5) is 1.39. The van der Waals surface area contributed by atoms with E-state index < -0.39 is 0 Å². The van der Waals surface area contributed by atoms with Crippen molar-refractivity contribution in [2.75, 3.05) is 19.8 Å². The molecule has 1 atom stereocenters. The molecule has 0 amide bonds. The van der Waals surface area contributed by atoms with E-state index in [2.05, 4.69) is 36.7 Å². The van der Waals surface area contributed by atoms with Crippen molar-refractivity contribution in [2.24, 2.45) is 0 Å². The molecular weight excluding hydrogens is 194 g/mol. The van der Waals surface area contributed by atoms with E-state index in [1.54, 1.807) is 11.3 Å². The molecule has 14 heavy (non-hydrogen) atoms. The van der Waals surface area contributed by atoms with E-state index in [4.69, 9.17) is 4.74 Å². The summed E-state index contributed by atoms with van der Waals surface area (Å²) < 4.78 is 5.39. The molecule has 1 aromatic rings. The Kier molecular flexibility index (Phi) is 5.83. The second-order valence-electron chi connectivity index (χ2n) is 3.30. The van der Waals surface area contributed by atoms with Gasteiger partial charge in [-0.25, -0.2) is 0 Å². The molecule has 1 heterocycles. The zero-order chi connectivity index (χ0) is 10.2. The number of nitrogens with one attached hydrogen (secondary N) is 1. The molecule has 0 spiro atoms. The second-order valence-corrected chi connectivity index (χ2v) is 4.28. The molecule has 0 fully saturated rings. The molecule has 0 saturated carbocycles. The zero-order valence-electron chi connectivity index (χ0n) is 8.95. The molecule has 2 nitrogen and oxygen atoms in total. The standard InChI is InChI=1S/C11H19NOS/c1-3-7-13-8-6-12-10(2)11-5-4-9-14-11/h4-5,9-10,12H,3,6-8H2,1-2H3/t10-/m0/s1. The average molecular weight is 213 g/mol. The number of hydrogen-bond donors (Lipinski definition) is 1. The molecule has 0 aromatic carbocycles. The van der Waals surface area contributed by atoms with Crippen LogP contribution in [0, 0.1) is 0 Å². The minimum Gasteiger partial charge on any atom is -0.380 e. The van der Waals surface area contributed by atoms with Crippen molar-refractivity contribution in [3.63, 3.8) is 0 Å². The molecule has 0 aliphatic rings. The normalized spacial score (nSPS) is 13.0. The first-order valence-corrected chi connectivity index (χ1v) is 6.07. The smallest absolute Gasteiger partial charge is 0.0591 e. The van der Waals surface area contributed by atoms with Gasteiger partial charge in [0.15, 0.2) is 0 Å². The molecule has 1 N–H and O–H groups in total. The van der Waals surface area contributed by atoms with Crippen molar-refractivity contribution >= 4 is 11.3 Å². The van der Waals surface area contributed by atoms with Crippen molar-refractivity contribution in [1.82, 2.24) is 5.32 Å². The van der Waals surface area contributed by atoms with Gasteiger partial charge in [-0.05, 0) is 24.8 Å². The summed E-state index contributed by atoms with van der Waals surface area (Å²) in [6, 6.07) is 4.70. The summed E-state index contributed by atoms with van der Waals surface area (Å²) in [5.41, 5.74) is 0. The highest BCUT2D eigenvalue weighted by Crippen LogP contribution is 2.17. The molecule has 1 aromatic heterocycles. The molecule has 80 valence electrons. The molecule has 0 saturated heterocycles. The van der Waals surface area contributed by atoms with Gasteiger partial charge in [-0.3, -0.25) is 0 Å². The van der Waals surface area contributed by atoms with Crippen molar-refractivity contribution < 1.29 is 4.74 Å². The molecule has 0 aliphatic carbocycles. The third-order valence-corrected chi connectivity index (χ3v) is 3.07. The maximum absolute atomic E-state index is 5.39. The first-order valence-electron chi connectivity index (χ1n) is 5.19. The molecule has 3 heteroatoms. The summed E-state index contributed by atoms with van der Waals surface area (Å²) in [5, 5.41) is 5.54. The average Bonchev–Trinajstić information content (AvgIpc) is 2.70. The fourth-order valence-electron chi connectivity index (χ4n) is 1.23. The Balaban J connectivity index is 2.07. The maximum atomic E-state index is 5.39. The lowest BCUT2D eigenvalue weighted by Gasteiger charge is -2.11. The van der Waals surface area contributed by atoms with Gasteiger partial charge in [-0.1, -0.05) is 13.0 Å². The molecule has 0 bridgehead atoms. The Morgan fingerprint density at radius 3 is 3.00 bits per heavy atom. The van der Waals surface area contributed by atoms with Gasteiger partial charge >= 0.3 is 0 Å². The summed E-state index contributed by atoms with van der Waals surface area (Å²) in [7, 11) is 0. The fraction of sp³-hybridized carbons (Fsp3) is 0.636. The van der Waals surface area contributed by atoms with Gasteiger partial charge in [0.25, 0.3) is 0 Å². The van der Waals surface area contributed by atoms with Crippen molar-refractivity contribution in [3.05, 3.63) is 22.4 Å². The van der Waals surface area contributed by atoms with Crippen molar-refractivity contribution in [1.29, 1.82) is 0 Å². The highest BCUT2D eigenvalue weighted by molar-refractivity contribution is 7.10. The first-order chi connectivity index (χ1) is 6.84. The van der Waals surface area contributed by atoms with Crippen LogP contribution in [0.2, 0.25) is 0 Å². The van der Waals surface area contributed by atoms with Crippen LogP contribution in [0.5, 0.6) is 0 Å². The van der Waals surface area contributed by atoms with E-state index in [1.807, 2.05) is 0 Å². The van der Waals surface area contributed by atoms with E-state index in [1.165, 1.54) is 4.88 Å². The minimum absolute atomic E-state index is 0.445. The Morgan fingerprint density at radius 1 is 1.50 bits per heavy atom. The van der Waals surface area contributed by atoms with Crippen LogP contribution >= 0.6 is 11.3 Å². The van der Waals surface area contributed by atoms with Crippen LogP contribution in [0.25, 0.3) is 0 Å². The molecule has 0 radical (unpaired) electrons. The lowest BCUT2D eigenvalue weighted by molar-refractivity contribution is 0.135. The van der Waals surface area contributed by atoms with Gasteiger partial charge < -0.3 is 10.1 Å². The Labute approximate surface area is 90.3 Å². The van der Waals surface area contributed by atoms with Crippen molar-refractivity contribution in [3.8, 4) is 0 Å². The highest BCUT2D eigenvalue weighted by atomic mass is 32.1. The number of hydrogen-bond acceptors (Lipinski definition) is 3. The Morgan fingerprint density at radius 2 is 2.36 bits per heavy atom. The Bertz CT molecular complexity index is 223. The Hall–Kier alpha value is -0.380. The van der Waals surface area contributed by atoms with Gasteiger partial charge in [-0.2, -0.15) is 0 Å². The highest BCUT2D eigenvalue weighted by Gasteiger charge is 2.03. The predicted octanol–water partition coefficient (Wildman–Crippen LogP) is 2.83. The van der Waals surface area contributed by atoms with E-state index in [0.29, 0.717) is 6.04 Å². The van der Waals surface area contributed by atoms with Crippen LogP contribution < -0.4 is 5.32 Å². The fourth-order valence-corrected chi connectivity index (χ4v) is 1.99. The summed E-state index contributed by atoms with van der Waals surface area (Å²) in [6.07, 6.45) is 1.10. The quantitative estimate of drug-likeness (QED) is 0.703. The third-order valence-electron chi connectivity index (χ3n) is 2.02. The minimum atomic E-state index is 0.445. The van der Waals surface area contributed by atoms with Crippen LogP contribution in [0.3, 0.4) is 0 Å². The molecular formula is C11H19NOS. The van der Waals surface area contributed by atoms with Crippen LogP contribution in [-0.2, 0) is 4.74 Å². The first kappa shape index (κ1) is 11.7. The lowest BCUT2D eigenvalue weighted by Crippen LogP contribution is -2.22. The zero-order valence-corrected chi connectivity index (χ0v) is 9.77. The van der Waals surface area contributed by atoms with Gasteiger partial charge in [-0.15, -0.1) is 11.3 Å². The molecule has 0 aliphatic heterocycles. The third kappa shape index (κ3) is 4.22. The summed E-state index contributed by atoms with van der Waals surface area (Å²) in [6.45, 7) is 6.92. The van der Waals surface area contributed by atoms with Gasteiger partial charge in [0, 0.05) is 24.1 Å². The van der Waals surface area contributed by atoms with Crippen LogP contribution in [-0.4, -0.2) is 19.8 Å². The number of rotatable bonds is 7. The van der Waals surface area contributed by atoms with Crippen LogP contribution in [0.15, 0.2) is 17.5 Å². The summed E-state index contributed by atoms with van der Waals surface area (Å²) in [5.74, 6) is 0. The van der Waals surface area contributed by atoms with E-state index >= 15 is 0 Å². The second kappa shape index (κ2) is 6.98. The van der Waals surface area contributed by atoms with E-state index in [0.717, 1.165) is 26.2 Å². The topological polar surface area (TPSA) is 21.3 Å². The van der Waals surface area contributed by atoms with Crippen LogP contribution in [0.1, 0.15) is 31.2 Å². The number of ether oxygens (including phenoxy) is 1. The van der Waals surface area contributed by atoms with Gasteiger partial charge in [0.05, 0.1) is 6.61 Å². The van der Waals surface area contributed by atoms with E-state index in [9.17, 15) is 0 Å². The lowest BCUT2D eigenvalue weighted by atomic mass is 10.3. The SMILES string of the molecule is CCCOCCN[C@@H](C)c1cccs1. The predicted molar refractivity (Wildman–Crippen MR) is 61.8 cm³/mol.